The fourth-order valence-electron chi connectivity index (χ4n) is 5.02. The van der Waals surface area contributed by atoms with Crippen molar-refractivity contribution in [2.24, 2.45) is 11.8 Å². The van der Waals surface area contributed by atoms with E-state index in [1.807, 2.05) is 39.0 Å². The van der Waals surface area contributed by atoms with Gasteiger partial charge in [0.2, 0.25) is 6.29 Å². The number of nitrogens with zero attached hydrogens (tertiary/aromatic N) is 1. The van der Waals surface area contributed by atoms with Crippen LogP contribution in [0.1, 0.15) is 58.9 Å². The van der Waals surface area contributed by atoms with Gasteiger partial charge in [-0.3, -0.25) is 9.78 Å². The van der Waals surface area contributed by atoms with Crippen LogP contribution in [0, 0.1) is 11.8 Å². The predicted octanol–water partition coefficient (Wildman–Crippen LogP) is 4.77. The van der Waals surface area contributed by atoms with Crippen molar-refractivity contribution in [2.45, 2.75) is 77.7 Å². The number of pyridine rings is 1. The van der Waals surface area contributed by atoms with Gasteiger partial charge in [0.05, 0.1) is 18.8 Å². The molecule has 8 heteroatoms. The Morgan fingerprint density at radius 1 is 1.15 bits per heavy atom. The smallest absolute Gasteiger partial charge is 0.407 e. The van der Waals surface area contributed by atoms with E-state index in [4.69, 9.17) is 18.9 Å². The first-order valence-corrected chi connectivity index (χ1v) is 11.9. The first-order valence-electron chi connectivity index (χ1n) is 11.9. The summed E-state index contributed by atoms with van der Waals surface area (Å²) in [7, 11) is 1.64. The minimum absolute atomic E-state index is 0.00989. The third kappa shape index (κ3) is 5.54. The fraction of sp³-hybridized carbons (Fsp3) is 0.577. The number of aromatic nitrogens is 1. The van der Waals surface area contributed by atoms with Gasteiger partial charge in [-0.15, -0.1) is 0 Å². The lowest BCUT2D eigenvalue weighted by Gasteiger charge is -2.40. The van der Waals surface area contributed by atoms with Gasteiger partial charge in [0.15, 0.2) is 0 Å². The van der Waals surface area contributed by atoms with E-state index in [1.54, 1.807) is 13.3 Å². The van der Waals surface area contributed by atoms with Crippen LogP contribution in [-0.2, 0) is 20.7 Å². The molecule has 2 unspecified atom stereocenters. The number of carbonyl (C=O) groups excluding carboxylic acids is 2. The highest BCUT2D eigenvalue weighted by Crippen LogP contribution is 2.43. The Kier molecular flexibility index (Phi) is 6.86. The SMILES string of the molecule is COc1ccc2ncc3c(c2c1)CC(C1CCC(NC(=O)OC(C)(C)C)CC1)C(OC(C)=O)O3. The van der Waals surface area contributed by atoms with E-state index in [1.165, 1.54) is 6.92 Å². The largest absolute Gasteiger partial charge is 0.497 e. The molecule has 0 saturated heterocycles. The highest BCUT2D eigenvalue weighted by atomic mass is 16.7. The van der Waals surface area contributed by atoms with Crippen LogP contribution in [0.3, 0.4) is 0 Å². The Balaban J connectivity index is 1.51. The number of rotatable bonds is 4. The number of nitrogens with one attached hydrogen (secondary N) is 1. The van der Waals surface area contributed by atoms with Gasteiger partial charge in [0.1, 0.15) is 17.1 Å². The lowest BCUT2D eigenvalue weighted by atomic mass is 9.74. The Bertz CT molecular complexity index is 1060. The first-order chi connectivity index (χ1) is 16.1. The Labute approximate surface area is 200 Å². The minimum Gasteiger partial charge on any atom is -0.497 e. The summed E-state index contributed by atoms with van der Waals surface area (Å²) < 4.78 is 22.6. The number of esters is 1. The molecule has 1 aliphatic carbocycles. The molecule has 1 fully saturated rings. The average Bonchev–Trinajstić information content (AvgIpc) is 2.77. The third-order valence-corrected chi connectivity index (χ3v) is 6.56. The number of hydrogen-bond acceptors (Lipinski definition) is 7. The van der Waals surface area contributed by atoms with Crippen molar-refractivity contribution in [1.82, 2.24) is 10.3 Å². The van der Waals surface area contributed by atoms with Gasteiger partial charge >= 0.3 is 12.1 Å². The van der Waals surface area contributed by atoms with Crippen LogP contribution in [0.15, 0.2) is 24.4 Å². The summed E-state index contributed by atoms with van der Waals surface area (Å²) in [5.74, 6) is 1.34. The van der Waals surface area contributed by atoms with Crippen molar-refractivity contribution in [3.8, 4) is 11.5 Å². The van der Waals surface area contributed by atoms with E-state index >= 15 is 0 Å². The van der Waals surface area contributed by atoms with Crippen LogP contribution in [0.5, 0.6) is 11.5 Å². The summed E-state index contributed by atoms with van der Waals surface area (Å²) in [6, 6.07) is 5.89. The van der Waals surface area contributed by atoms with Crippen molar-refractivity contribution in [1.29, 1.82) is 0 Å². The number of methoxy groups -OCH3 is 1. The molecule has 2 aliphatic rings. The number of ether oxygens (including phenoxy) is 4. The molecule has 1 aromatic heterocycles. The van der Waals surface area contributed by atoms with E-state index in [2.05, 4.69) is 10.3 Å². The molecule has 1 aromatic carbocycles. The van der Waals surface area contributed by atoms with Crippen LogP contribution in [-0.4, -0.2) is 42.1 Å². The molecule has 1 N–H and O–H groups in total. The zero-order valence-corrected chi connectivity index (χ0v) is 20.6. The molecule has 8 nitrogen and oxygen atoms in total. The number of carbonyl (C=O) groups is 2. The van der Waals surface area contributed by atoms with Gasteiger partial charge in [-0.2, -0.15) is 0 Å². The van der Waals surface area contributed by atoms with E-state index < -0.39 is 11.9 Å². The molecule has 184 valence electrons. The number of fused-ring (bicyclic) bond motifs is 3. The average molecular weight is 471 g/mol. The highest BCUT2D eigenvalue weighted by Gasteiger charge is 2.40. The molecule has 2 heterocycles. The van der Waals surface area contributed by atoms with Crippen molar-refractivity contribution in [3.63, 3.8) is 0 Å². The molecule has 1 aliphatic heterocycles. The summed E-state index contributed by atoms with van der Waals surface area (Å²) in [5.41, 5.74) is 1.41. The van der Waals surface area contributed by atoms with Crippen LogP contribution < -0.4 is 14.8 Å². The van der Waals surface area contributed by atoms with Gasteiger partial charge < -0.3 is 24.3 Å². The van der Waals surface area contributed by atoms with E-state index in [9.17, 15) is 9.59 Å². The minimum atomic E-state index is -0.657. The van der Waals surface area contributed by atoms with E-state index in [0.29, 0.717) is 18.1 Å². The van der Waals surface area contributed by atoms with Gasteiger partial charge in [0.25, 0.3) is 0 Å². The second-order valence-electron chi connectivity index (χ2n) is 10.2. The number of benzene rings is 1. The maximum atomic E-state index is 12.2. The van der Waals surface area contributed by atoms with Crippen LogP contribution in [0.4, 0.5) is 4.79 Å². The maximum Gasteiger partial charge on any atom is 0.407 e. The Morgan fingerprint density at radius 3 is 2.53 bits per heavy atom. The van der Waals surface area contributed by atoms with Crippen LogP contribution in [0.2, 0.25) is 0 Å². The topological polar surface area (TPSA) is 96.0 Å². The standard InChI is InChI=1S/C26H34N2O6/c1-15(29)32-24-19(16-6-8-17(9-7-16)28-25(30)34-26(2,3)4)13-21-20-12-18(31-5)10-11-22(20)27-14-23(21)33-24/h10-12,14,16-17,19,24H,6-9,13H2,1-5H3,(H,28,30). The summed E-state index contributed by atoms with van der Waals surface area (Å²) >= 11 is 0. The lowest BCUT2D eigenvalue weighted by Crippen LogP contribution is -2.45. The van der Waals surface area contributed by atoms with E-state index in [0.717, 1.165) is 47.9 Å². The number of amides is 1. The molecule has 34 heavy (non-hydrogen) atoms. The van der Waals surface area contributed by atoms with Crippen molar-refractivity contribution in [3.05, 3.63) is 30.0 Å². The summed E-state index contributed by atoms with van der Waals surface area (Å²) in [6.45, 7) is 6.97. The summed E-state index contributed by atoms with van der Waals surface area (Å²) in [6.07, 6.45) is 4.86. The Morgan fingerprint density at radius 2 is 1.88 bits per heavy atom. The molecule has 0 bridgehead atoms. The quantitative estimate of drug-likeness (QED) is 0.643. The molecule has 2 aromatic rings. The fourth-order valence-corrected chi connectivity index (χ4v) is 5.02. The monoisotopic (exact) mass is 470 g/mol. The molecule has 1 amide bonds. The van der Waals surface area contributed by atoms with Gasteiger partial charge in [-0.05, 0) is 77.0 Å². The van der Waals surface area contributed by atoms with Crippen molar-refractivity contribution < 1.29 is 28.5 Å². The molecular weight excluding hydrogens is 436 g/mol. The van der Waals surface area contributed by atoms with Gasteiger partial charge in [-0.1, -0.05) is 0 Å². The summed E-state index contributed by atoms with van der Waals surface area (Å²) in [4.78, 5) is 28.5. The second kappa shape index (κ2) is 9.68. The molecule has 2 atom stereocenters. The normalized spacial score (nSPS) is 24.5. The van der Waals surface area contributed by atoms with Crippen molar-refractivity contribution in [2.75, 3.05) is 7.11 Å². The zero-order valence-electron chi connectivity index (χ0n) is 20.6. The Hall–Kier alpha value is -3.03. The molecule has 0 radical (unpaired) electrons. The molecule has 4 rings (SSSR count). The van der Waals surface area contributed by atoms with Crippen LogP contribution >= 0.6 is 0 Å². The molecule has 0 spiro atoms. The van der Waals surface area contributed by atoms with Gasteiger partial charge in [-0.25, -0.2) is 4.79 Å². The van der Waals surface area contributed by atoms with Crippen molar-refractivity contribution >= 4 is 23.0 Å². The third-order valence-electron chi connectivity index (χ3n) is 6.56. The van der Waals surface area contributed by atoms with Gasteiger partial charge in [0, 0.05) is 29.8 Å². The summed E-state index contributed by atoms with van der Waals surface area (Å²) in [5, 5.41) is 3.98. The second-order valence-corrected chi connectivity index (χ2v) is 10.2. The number of alkyl carbamates (subject to hydrolysis) is 1. The molecular formula is C26H34N2O6. The highest BCUT2D eigenvalue weighted by molar-refractivity contribution is 5.85. The lowest BCUT2D eigenvalue weighted by molar-refractivity contribution is -0.175. The maximum absolute atomic E-state index is 12.2. The number of hydrogen-bond donors (Lipinski definition) is 1. The first kappa shape index (κ1) is 24.1. The van der Waals surface area contributed by atoms with E-state index in [-0.39, 0.29) is 24.0 Å². The van der Waals surface area contributed by atoms with Crippen LogP contribution in [0.25, 0.3) is 10.9 Å². The zero-order chi connectivity index (χ0) is 24.5. The molecule has 1 saturated carbocycles. The predicted molar refractivity (Wildman–Crippen MR) is 127 cm³/mol.